The van der Waals surface area contributed by atoms with Crippen LogP contribution in [0.1, 0.15) is 23.8 Å². The van der Waals surface area contributed by atoms with Crippen molar-refractivity contribution >= 4 is 43.2 Å². The van der Waals surface area contributed by atoms with Gasteiger partial charge in [-0.1, -0.05) is 18.2 Å². The second-order valence-corrected chi connectivity index (χ2v) is 13.2. The lowest BCUT2D eigenvalue weighted by molar-refractivity contribution is -0.117. The molecule has 1 unspecified atom stereocenters. The van der Waals surface area contributed by atoms with E-state index < -0.39 is 21.0 Å². The van der Waals surface area contributed by atoms with Crippen LogP contribution in [0.5, 0.6) is 0 Å². The highest BCUT2D eigenvalue weighted by Gasteiger charge is 2.29. The number of fused-ring (bicyclic) bond motifs is 2. The van der Waals surface area contributed by atoms with Gasteiger partial charge in [-0.2, -0.15) is 5.10 Å². The summed E-state index contributed by atoms with van der Waals surface area (Å²) in [4.78, 5) is 20.0. The van der Waals surface area contributed by atoms with Gasteiger partial charge in [-0.3, -0.25) is 14.9 Å². The van der Waals surface area contributed by atoms with Gasteiger partial charge in [0.05, 0.1) is 23.1 Å². The molecule has 6 aromatic rings. The highest BCUT2D eigenvalue weighted by atomic mass is 32.2. The summed E-state index contributed by atoms with van der Waals surface area (Å²) in [6.45, 7) is 0. The first-order chi connectivity index (χ1) is 20.6. The summed E-state index contributed by atoms with van der Waals surface area (Å²) in [6.07, 6.45) is 6.28. The average Bonchev–Trinajstić information content (AvgIpc) is 3.62. The molecular weight excluding hydrogens is 567 g/mol. The van der Waals surface area contributed by atoms with Crippen LogP contribution in [0.25, 0.3) is 55.4 Å². The van der Waals surface area contributed by atoms with E-state index in [-0.39, 0.29) is 17.4 Å². The number of nitrogens with zero attached hydrogens (tertiary/aromatic N) is 2. The summed E-state index contributed by atoms with van der Waals surface area (Å²) >= 11 is 0. The Morgan fingerprint density at radius 1 is 0.977 bits per heavy atom. The molecule has 0 bridgehead atoms. The number of H-pyrrole nitrogens is 2. The molecule has 1 saturated carbocycles. The molecule has 3 heterocycles. The van der Waals surface area contributed by atoms with Crippen LogP contribution in [0.2, 0.25) is 0 Å². The van der Waals surface area contributed by atoms with Crippen molar-refractivity contribution in [2.45, 2.75) is 18.2 Å². The number of nitrogens with one attached hydrogen (secondary N) is 3. The van der Waals surface area contributed by atoms with E-state index in [4.69, 9.17) is 5.73 Å². The zero-order chi connectivity index (χ0) is 29.9. The van der Waals surface area contributed by atoms with Gasteiger partial charge in [0.2, 0.25) is 5.91 Å². The molecule has 9 nitrogen and oxygen atoms in total. The zero-order valence-electron chi connectivity index (χ0n) is 23.1. The van der Waals surface area contributed by atoms with Gasteiger partial charge in [-0.25, -0.2) is 12.8 Å². The number of nitrogens with two attached hydrogens (primary N) is 1. The summed E-state index contributed by atoms with van der Waals surface area (Å²) in [7, 11) is -3.62. The number of pyridine rings is 1. The standard InChI is InChI=1S/C32H27FN6O3S/c1-43(41,42)31(34)20-9-19(10-22(33)11-20)24-3-2-4-27-25(24)14-29(37-27)30-26-13-18(7-8-28(26)38-39-30)21-12-23(16-35-15-21)36-32(40)17-5-6-17/h2-4,7-17,31,37H,5-6,34H2,1H3,(H,36,40)(H,38,39). The Hall–Kier alpha value is -4.87. The molecule has 7 rings (SSSR count). The molecule has 5 N–H and O–H groups in total. The van der Waals surface area contributed by atoms with Crippen molar-refractivity contribution in [3.05, 3.63) is 90.5 Å². The number of aromatic amines is 2. The number of rotatable bonds is 7. The maximum Gasteiger partial charge on any atom is 0.227 e. The fraction of sp³-hybridized carbons (Fsp3) is 0.156. The van der Waals surface area contributed by atoms with Gasteiger partial charge in [0, 0.05) is 40.2 Å². The fourth-order valence-corrected chi connectivity index (χ4v) is 6.00. The molecule has 0 saturated heterocycles. The SMILES string of the molecule is CS(=O)(=O)C(N)c1cc(F)cc(-c2cccc3[nH]c(-c4n[nH]c5ccc(-c6cncc(NC(=O)C7CC7)c6)cc45)cc23)c1. The van der Waals surface area contributed by atoms with Crippen molar-refractivity contribution < 1.29 is 17.6 Å². The van der Waals surface area contributed by atoms with Crippen LogP contribution in [0.3, 0.4) is 0 Å². The number of hydrogen-bond donors (Lipinski definition) is 4. The average molecular weight is 595 g/mol. The number of anilines is 1. The topological polar surface area (TPSA) is 147 Å². The Bertz CT molecular complexity index is 2170. The van der Waals surface area contributed by atoms with E-state index in [9.17, 15) is 17.6 Å². The minimum Gasteiger partial charge on any atom is -0.353 e. The van der Waals surface area contributed by atoms with Gasteiger partial charge < -0.3 is 16.0 Å². The molecule has 3 aromatic carbocycles. The van der Waals surface area contributed by atoms with Crippen molar-refractivity contribution in [3.63, 3.8) is 0 Å². The van der Waals surface area contributed by atoms with E-state index in [2.05, 4.69) is 25.5 Å². The van der Waals surface area contributed by atoms with Crippen molar-refractivity contribution in [3.8, 4) is 33.6 Å². The van der Waals surface area contributed by atoms with Crippen molar-refractivity contribution in [1.29, 1.82) is 0 Å². The Labute approximate surface area is 246 Å². The number of hydrogen-bond acceptors (Lipinski definition) is 6. The Morgan fingerprint density at radius 3 is 2.60 bits per heavy atom. The van der Waals surface area contributed by atoms with Gasteiger partial charge in [0.15, 0.2) is 9.84 Å². The number of aromatic nitrogens is 4. The van der Waals surface area contributed by atoms with Crippen LogP contribution >= 0.6 is 0 Å². The van der Waals surface area contributed by atoms with Gasteiger partial charge in [-0.05, 0) is 83.6 Å². The quantitative estimate of drug-likeness (QED) is 0.180. The molecule has 1 atom stereocenters. The van der Waals surface area contributed by atoms with E-state index >= 15 is 0 Å². The number of benzene rings is 3. The number of sulfone groups is 1. The monoisotopic (exact) mass is 594 g/mol. The molecule has 3 aromatic heterocycles. The van der Waals surface area contributed by atoms with Gasteiger partial charge in [-0.15, -0.1) is 0 Å². The van der Waals surface area contributed by atoms with Crippen molar-refractivity contribution in [2.24, 2.45) is 11.7 Å². The molecule has 1 fully saturated rings. The van der Waals surface area contributed by atoms with Crippen LogP contribution in [0, 0.1) is 11.7 Å². The maximum absolute atomic E-state index is 14.7. The summed E-state index contributed by atoms with van der Waals surface area (Å²) in [6, 6.07) is 19.5. The molecular formula is C32H27FN6O3S. The van der Waals surface area contributed by atoms with Gasteiger partial charge >= 0.3 is 0 Å². The minimum absolute atomic E-state index is 0.0254. The smallest absolute Gasteiger partial charge is 0.227 e. The third-order valence-corrected chi connectivity index (χ3v) is 8.98. The Kier molecular flexibility index (Phi) is 6.37. The molecule has 1 aliphatic rings. The predicted molar refractivity (Wildman–Crippen MR) is 165 cm³/mol. The van der Waals surface area contributed by atoms with Gasteiger partial charge in [0.1, 0.15) is 16.9 Å². The van der Waals surface area contributed by atoms with Crippen molar-refractivity contribution in [1.82, 2.24) is 20.2 Å². The number of carbonyl (C=O) groups is 1. The van der Waals surface area contributed by atoms with Crippen LogP contribution in [-0.2, 0) is 14.6 Å². The first-order valence-corrected chi connectivity index (χ1v) is 15.7. The van der Waals surface area contributed by atoms with Crippen LogP contribution in [0.4, 0.5) is 10.1 Å². The molecule has 216 valence electrons. The normalized spacial score (nSPS) is 14.3. The molecule has 0 radical (unpaired) electrons. The Balaban J connectivity index is 1.27. The Morgan fingerprint density at radius 2 is 1.81 bits per heavy atom. The largest absolute Gasteiger partial charge is 0.353 e. The molecule has 43 heavy (non-hydrogen) atoms. The number of halogens is 1. The summed E-state index contributed by atoms with van der Waals surface area (Å²) in [5, 5.41) is 11.0. The van der Waals surface area contributed by atoms with E-state index in [0.717, 1.165) is 69.4 Å². The van der Waals surface area contributed by atoms with Crippen LogP contribution < -0.4 is 11.1 Å². The second kappa shape index (κ2) is 10.1. The van der Waals surface area contributed by atoms with E-state index in [1.807, 2.05) is 48.5 Å². The third-order valence-electron chi connectivity index (χ3n) is 7.79. The van der Waals surface area contributed by atoms with Gasteiger partial charge in [0.25, 0.3) is 0 Å². The van der Waals surface area contributed by atoms with E-state index in [0.29, 0.717) is 16.9 Å². The lowest BCUT2D eigenvalue weighted by Crippen LogP contribution is -2.20. The first kappa shape index (κ1) is 27.0. The summed E-state index contributed by atoms with van der Waals surface area (Å²) < 4.78 is 38.8. The van der Waals surface area contributed by atoms with E-state index in [1.165, 1.54) is 6.07 Å². The third kappa shape index (κ3) is 5.17. The maximum atomic E-state index is 14.7. The number of amides is 1. The summed E-state index contributed by atoms with van der Waals surface area (Å²) in [5.74, 6) is -0.452. The highest BCUT2D eigenvalue weighted by Crippen LogP contribution is 2.37. The highest BCUT2D eigenvalue weighted by molar-refractivity contribution is 7.90. The molecule has 1 aliphatic carbocycles. The fourth-order valence-electron chi connectivity index (χ4n) is 5.37. The second-order valence-electron chi connectivity index (χ2n) is 11.0. The first-order valence-electron chi connectivity index (χ1n) is 13.8. The lowest BCUT2D eigenvalue weighted by Gasteiger charge is -2.12. The van der Waals surface area contributed by atoms with Crippen LogP contribution in [-0.4, -0.2) is 40.7 Å². The summed E-state index contributed by atoms with van der Waals surface area (Å²) in [5.41, 5.74) is 12.9. The van der Waals surface area contributed by atoms with Crippen molar-refractivity contribution in [2.75, 3.05) is 11.6 Å². The zero-order valence-corrected chi connectivity index (χ0v) is 23.9. The number of carbonyl (C=O) groups excluding carboxylic acids is 1. The molecule has 0 spiro atoms. The van der Waals surface area contributed by atoms with E-state index in [1.54, 1.807) is 18.5 Å². The molecule has 11 heteroatoms. The van der Waals surface area contributed by atoms with Crippen LogP contribution in [0.15, 0.2) is 79.1 Å². The molecule has 1 amide bonds. The predicted octanol–water partition coefficient (Wildman–Crippen LogP) is 5.93. The lowest BCUT2D eigenvalue weighted by atomic mass is 9.99. The molecule has 0 aliphatic heterocycles. The minimum atomic E-state index is -3.62.